The van der Waals surface area contributed by atoms with Crippen LogP contribution in [-0.2, 0) is 14.8 Å². The minimum atomic E-state index is -3.52. The molecule has 2 aliphatic rings. The number of thiazole rings is 1. The average molecular weight is 462 g/mol. The van der Waals surface area contributed by atoms with Gasteiger partial charge in [0.1, 0.15) is 9.22 Å². The van der Waals surface area contributed by atoms with Crippen LogP contribution in [0.4, 0.5) is 0 Å². The third-order valence-electron chi connectivity index (χ3n) is 5.95. The van der Waals surface area contributed by atoms with E-state index in [0.717, 1.165) is 34.5 Å². The molecule has 158 valence electrons. The van der Waals surface area contributed by atoms with Crippen LogP contribution < -0.4 is 0 Å². The summed E-state index contributed by atoms with van der Waals surface area (Å²) in [5.41, 5.74) is 0.975. The number of nitrogens with zero attached hydrogens (tertiary/aromatic N) is 3. The molecule has 0 bridgehead atoms. The van der Waals surface area contributed by atoms with Gasteiger partial charge >= 0.3 is 0 Å². The maximum Gasteiger partial charge on any atom is 0.252 e. The first-order valence-corrected chi connectivity index (χ1v) is 13.4. The van der Waals surface area contributed by atoms with Gasteiger partial charge in [0.05, 0.1) is 22.2 Å². The number of carbonyl (C=O) groups is 1. The summed E-state index contributed by atoms with van der Waals surface area (Å²) in [5, 5.41) is 2.76. The number of carbonyl (C=O) groups excluding carboxylic acids is 1. The van der Waals surface area contributed by atoms with E-state index in [0.29, 0.717) is 23.7 Å². The number of para-hydroxylation sites is 1. The second-order valence-corrected chi connectivity index (χ2v) is 12.0. The molecule has 0 radical (unpaired) electrons. The normalized spacial score (nSPS) is 23.3. The summed E-state index contributed by atoms with van der Waals surface area (Å²) in [6, 6.07) is 11.4. The minimum absolute atomic E-state index is 0.000760. The predicted octanol–water partition coefficient (Wildman–Crippen LogP) is 4.12. The Hall–Kier alpha value is -1.81. The number of piperidine rings is 1. The van der Waals surface area contributed by atoms with E-state index in [-0.39, 0.29) is 24.4 Å². The summed E-state index contributed by atoms with van der Waals surface area (Å²) < 4.78 is 28.8. The average Bonchev–Trinajstić information content (AvgIpc) is 3.53. The van der Waals surface area contributed by atoms with E-state index in [1.54, 1.807) is 28.8 Å². The minimum Gasteiger partial charge on any atom is -0.333 e. The van der Waals surface area contributed by atoms with E-state index >= 15 is 0 Å². The highest BCUT2D eigenvalue weighted by molar-refractivity contribution is 7.91. The lowest BCUT2D eigenvalue weighted by molar-refractivity contribution is -0.137. The van der Waals surface area contributed by atoms with Crippen molar-refractivity contribution in [3.8, 4) is 0 Å². The topological polar surface area (TPSA) is 70.6 Å². The summed E-state index contributed by atoms with van der Waals surface area (Å²) in [6.45, 7) is 1.46. The largest absolute Gasteiger partial charge is 0.333 e. The molecule has 1 amide bonds. The molecule has 0 spiro atoms. The predicted molar refractivity (Wildman–Crippen MR) is 119 cm³/mol. The molecule has 30 heavy (non-hydrogen) atoms. The Bertz CT molecular complexity index is 1120. The molecule has 2 atom stereocenters. The van der Waals surface area contributed by atoms with Crippen molar-refractivity contribution in [2.45, 2.75) is 35.9 Å². The Morgan fingerprint density at radius 2 is 1.90 bits per heavy atom. The Kier molecular flexibility index (Phi) is 5.38. The zero-order valence-electron chi connectivity index (χ0n) is 16.4. The number of rotatable bonds is 4. The van der Waals surface area contributed by atoms with E-state index < -0.39 is 10.0 Å². The van der Waals surface area contributed by atoms with Gasteiger partial charge in [0.25, 0.3) is 10.0 Å². The second kappa shape index (κ2) is 8.03. The number of benzene rings is 1. The maximum absolute atomic E-state index is 13.4. The summed E-state index contributed by atoms with van der Waals surface area (Å²) in [6.07, 6.45) is 3.31. The first kappa shape index (κ1) is 20.1. The molecular formula is C21H23N3O3S3. The molecule has 2 aliphatic heterocycles. The van der Waals surface area contributed by atoms with Gasteiger partial charge in [-0.3, -0.25) is 4.79 Å². The van der Waals surface area contributed by atoms with Crippen molar-refractivity contribution in [2.75, 3.05) is 19.6 Å². The maximum atomic E-state index is 13.4. The second-order valence-electron chi connectivity index (χ2n) is 7.84. The number of thiophene rings is 1. The van der Waals surface area contributed by atoms with Gasteiger partial charge in [0.2, 0.25) is 5.91 Å². The van der Waals surface area contributed by atoms with E-state index in [2.05, 4.69) is 6.07 Å². The molecule has 0 saturated carbocycles. The van der Waals surface area contributed by atoms with Crippen LogP contribution in [-0.4, -0.2) is 48.1 Å². The quantitative estimate of drug-likeness (QED) is 0.586. The highest BCUT2D eigenvalue weighted by Gasteiger charge is 2.39. The van der Waals surface area contributed by atoms with Gasteiger partial charge in [-0.2, -0.15) is 4.31 Å². The van der Waals surface area contributed by atoms with Crippen LogP contribution in [0.5, 0.6) is 0 Å². The van der Waals surface area contributed by atoms with E-state index in [4.69, 9.17) is 4.98 Å². The first-order chi connectivity index (χ1) is 14.5. The number of hydrogen-bond acceptors (Lipinski definition) is 6. The summed E-state index contributed by atoms with van der Waals surface area (Å²) in [5.74, 6) is -0.216. The Balaban J connectivity index is 1.35. The number of aromatic nitrogens is 1. The smallest absolute Gasteiger partial charge is 0.252 e. The Labute approximate surface area is 184 Å². The van der Waals surface area contributed by atoms with Crippen LogP contribution in [0.15, 0.2) is 46.0 Å². The molecule has 0 aliphatic carbocycles. The van der Waals surface area contributed by atoms with Gasteiger partial charge in [0.15, 0.2) is 0 Å². The molecule has 6 nitrogen and oxygen atoms in total. The molecule has 9 heteroatoms. The van der Waals surface area contributed by atoms with Gasteiger partial charge in [-0.15, -0.1) is 22.7 Å². The Morgan fingerprint density at radius 3 is 2.70 bits per heavy atom. The van der Waals surface area contributed by atoms with Crippen molar-refractivity contribution in [2.24, 2.45) is 5.92 Å². The lowest BCUT2D eigenvalue weighted by Gasteiger charge is -2.34. The summed E-state index contributed by atoms with van der Waals surface area (Å²) in [4.78, 5) is 20.2. The first-order valence-electron chi connectivity index (χ1n) is 10.2. The van der Waals surface area contributed by atoms with Crippen molar-refractivity contribution in [1.82, 2.24) is 14.2 Å². The van der Waals surface area contributed by atoms with E-state index in [1.165, 1.54) is 15.6 Å². The SMILES string of the molecule is O=C([C@@H]1CCCN(S(=O)(=O)c2cccs2)C1)N1CCC[C@H]1c1nc2ccccc2s1. The number of amides is 1. The molecule has 2 saturated heterocycles. The van der Waals surface area contributed by atoms with Crippen molar-refractivity contribution >= 4 is 48.8 Å². The number of sulfonamides is 1. The van der Waals surface area contributed by atoms with Crippen molar-refractivity contribution < 1.29 is 13.2 Å². The van der Waals surface area contributed by atoms with Crippen LogP contribution in [0.25, 0.3) is 10.2 Å². The molecule has 0 N–H and O–H groups in total. The fourth-order valence-corrected chi connectivity index (χ4v) is 8.24. The van der Waals surface area contributed by atoms with Crippen molar-refractivity contribution in [3.05, 3.63) is 46.8 Å². The third-order valence-corrected chi connectivity index (χ3v) is 10.3. The molecular weight excluding hydrogens is 438 g/mol. The summed E-state index contributed by atoms with van der Waals surface area (Å²) in [7, 11) is -3.52. The van der Waals surface area contributed by atoms with Gasteiger partial charge in [-0.05, 0) is 49.3 Å². The molecule has 5 rings (SSSR count). The molecule has 3 aromatic rings. The standard InChI is InChI=1S/C21H23N3O3S3/c25-21(15-6-3-11-23(14-15)30(26,27)19-10-5-13-28-19)24-12-4-8-17(24)20-22-16-7-1-2-9-18(16)29-20/h1-2,5,7,9-10,13,15,17H,3-4,6,8,11-12,14H2/t15-,17+/m1/s1. The fraction of sp³-hybridized carbons (Fsp3) is 0.429. The molecule has 4 heterocycles. The lowest BCUT2D eigenvalue weighted by Crippen LogP contribution is -2.46. The van der Waals surface area contributed by atoms with Crippen molar-refractivity contribution in [3.63, 3.8) is 0 Å². The highest BCUT2D eigenvalue weighted by atomic mass is 32.2. The van der Waals surface area contributed by atoms with Gasteiger partial charge < -0.3 is 4.90 Å². The zero-order chi connectivity index (χ0) is 20.7. The highest BCUT2D eigenvalue weighted by Crippen LogP contribution is 2.38. The lowest BCUT2D eigenvalue weighted by atomic mass is 9.97. The third kappa shape index (κ3) is 3.57. The van der Waals surface area contributed by atoms with Crippen molar-refractivity contribution in [1.29, 1.82) is 0 Å². The number of likely N-dealkylation sites (tertiary alicyclic amines) is 1. The van der Waals surface area contributed by atoms with E-state index in [9.17, 15) is 13.2 Å². The molecule has 0 unspecified atom stereocenters. The summed E-state index contributed by atoms with van der Waals surface area (Å²) >= 11 is 2.88. The fourth-order valence-electron chi connectivity index (χ4n) is 4.45. The molecule has 2 fully saturated rings. The van der Waals surface area contributed by atoms with Gasteiger partial charge in [-0.1, -0.05) is 18.2 Å². The van der Waals surface area contributed by atoms with E-state index in [1.807, 2.05) is 23.1 Å². The van der Waals surface area contributed by atoms with Crippen LogP contribution in [0.2, 0.25) is 0 Å². The van der Waals surface area contributed by atoms with Crippen LogP contribution in [0.3, 0.4) is 0 Å². The number of hydrogen-bond donors (Lipinski definition) is 0. The van der Waals surface area contributed by atoms with Gasteiger partial charge in [0, 0.05) is 19.6 Å². The number of fused-ring (bicyclic) bond motifs is 1. The zero-order valence-corrected chi connectivity index (χ0v) is 18.9. The van der Waals surface area contributed by atoms with Crippen LogP contribution in [0.1, 0.15) is 36.7 Å². The van der Waals surface area contributed by atoms with Crippen LogP contribution in [0, 0.1) is 5.92 Å². The molecule has 1 aromatic carbocycles. The van der Waals surface area contributed by atoms with Crippen LogP contribution >= 0.6 is 22.7 Å². The molecule has 2 aromatic heterocycles. The monoisotopic (exact) mass is 461 g/mol. The van der Waals surface area contributed by atoms with Gasteiger partial charge in [-0.25, -0.2) is 13.4 Å². The Morgan fingerprint density at radius 1 is 1.07 bits per heavy atom.